The molecule has 1 N–H and O–H groups in total. The van der Waals surface area contributed by atoms with Crippen LogP contribution in [0.1, 0.15) is 12.5 Å². The second-order valence-electron chi connectivity index (χ2n) is 3.61. The molecule has 1 aromatic rings. The van der Waals surface area contributed by atoms with Crippen molar-refractivity contribution in [3.63, 3.8) is 0 Å². The monoisotopic (exact) mass is 226 g/mol. The Labute approximate surface area is 90.2 Å². The van der Waals surface area contributed by atoms with Crippen molar-refractivity contribution in [3.05, 3.63) is 22.5 Å². The molecule has 0 saturated carbocycles. The van der Waals surface area contributed by atoms with Crippen molar-refractivity contribution < 1.29 is 14.8 Å². The van der Waals surface area contributed by atoms with Crippen LogP contribution in [-0.2, 0) is 0 Å². The predicted octanol–water partition coefficient (Wildman–Crippen LogP) is 0.716. The molecule has 2 heterocycles. The van der Waals surface area contributed by atoms with Gasteiger partial charge in [-0.1, -0.05) is 0 Å². The standard InChI is InChI=1S/C8H10N4O4/c13-8(14)10-2-1-6(4-10)11-5-7(3-9-11)12(15)16/h3,5-6H,1-2,4H2,(H,13,14)/t6-/m1/s1. The number of carboxylic acid groups (broad SMARTS) is 1. The van der Waals surface area contributed by atoms with Gasteiger partial charge in [0, 0.05) is 13.1 Å². The van der Waals surface area contributed by atoms with Crippen LogP contribution in [0.5, 0.6) is 0 Å². The zero-order valence-corrected chi connectivity index (χ0v) is 8.31. The molecule has 86 valence electrons. The first-order valence-electron chi connectivity index (χ1n) is 4.74. The summed E-state index contributed by atoms with van der Waals surface area (Å²) in [5.41, 5.74) is -0.0752. The summed E-state index contributed by atoms with van der Waals surface area (Å²) >= 11 is 0. The summed E-state index contributed by atoms with van der Waals surface area (Å²) < 4.78 is 1.46. The van der Waals surface area contributed by atoms with Crippen molar-refractivity contribution in [2.24, 2.45) is 0 Å². The van der Waals surface area contributed by atoms with Crippen LogP contribution in [0.25, 0.3) is 0 Å². The molecule has 0 aliphatic carbocycles. The maximum atomic E-state index is 10.7. The van der Waals surface area contributed by atoms with Gasteiger partial charge in [0.25, 0.3) is 0 Å². The summed E-state index contributed by atoms with van der Waals surface area (Å²) in [6, 6.07) is -0.107. The zero-order chi connectivity index (χ0) is 11.7. The highest BCUT2D eigenvalue weighted by Crippen LogP contribution is 2.22. The van der Waals surface area contributed by atoms with E-state index in [4.69, 9.17) is 5.11 Å². The Balaban J connectivity index is 2.08. The lowest BCUT2D eigenvalue weighted by atomic mass is 10.3. The largest absolute Gasteiger partial charge is 0.465 e. The highest BCUT2D eigenvalue weighted by molar-refractivity contribution is 5.65. The van der Waals surface area contributed by atoms with E-state index in [0.717, 1.165) is 0 Å². The summed E-state index contributed by atoms with van der Waals surface area (Å²) in [6.45, 7) is 0.766. The van der Waals surface area contributed by atoms with Gasteiger partial charge in [0.2, 0.25) is 0 Å². The van der Waals surface area contributed by atoms with Crippen molar-refractivity contribution in [2.45, 2.75) is 12.5 Å². The highest BCUT2D eigenvalue weighted by atomic mass is 16.6. The Morgan fingerprint density at radius 3 is 2.94 bits per heavy atom. The van der Waals surface area contributed by atoms with Gasteiger partial charge in [-0.3, -0.25) is 14.8 Å². The number of likely N-dealkylation sites (tertiary alicyclic amines) is 1. The van der Waals surface area contributed by atoms with Crippen molar-refractivity contribution in [3.8, 4) is 0 Å². The number of carbonyl (C=O) groups is 1. The fourth-order valence-corrected chi connectivity index (χ4v) is 1.75. The first-order valence-corrected chi connectivity index (χ1v) is 4.74. The van der Waals surface area contributed by atoms with Crippen LogP contribution in [0.3, 0.4) is 0 Å². The van der Waals surface area contributed by atoms with Gasteiger partial charge in [-0.2, -0.15) is 5.10 Å². The predicted molar refractivity (Wildman–Crippen MR) is 52.1 cm³/mol. The Morgan fingerprint density at radius 1 is 1.69 bits per heavy atom. The van der Waals surface area contributed by atoms with Gasteiger partial charge >= 0.3 is 11.8 Å². The van der Waals surface area contributed by atoms with Crippen LogP contribution in [0, 0.1) is 10.1 Å². The molecule has 0 radical (unpaired) electrons. The quantitative estimate of drug-likeness (QED) is 0.591. The molecular weight excluding hydrogens is 216 g/mol. The third-order valence-electron chi connectivity index (χ3n) is 2.61. The first-order chi connectivity index (χ1) is 7.58. The van der Waals surface area contributed by atoms with Gasteiger partial charge in [0.05, 0.1) is 11.0 Å². The molecule has 0 aromatic carbocycles. The van der Waals surface area contributed by atoms with Gasteiger partial charge in [0.1, 0.15) is 12.4 Å². The van der Waals surface area contributed by atoms with Crippen LogP contribution < -0.4 is 0 Å². The average Bonchev–Trinajstić information content (AvgIpc) is 2.86. The molecule has 1 aromatic heterocycles. The molecular formula is C8H10N4O4. The number of nitro groups is 1. The fraction of sp³-hybridized carbons (Fsp3) is 0.500. The maximum absolute atomic E-state index is 10.7. The second-order valence-corrected chi connectivity index (χ2v) is 3.61. The summed E-state index contributed by atoms with van der Waals surface area (Å²) in [7, 11) is 0. The van der Waals surface area contributed by atoms with E-state index < -0.39 is 11.0 Å². The van der Waals surface area contributed by atoms with E-state index in [1.165, 1.54) is 22.0 Å². The minimum Gasteiger partial charge on any atom is -0.465 e. The van der Waals surface area contributed by atoms with E-state index >= 15 is 0 Å². The fourth-order valence-electron chi connectivity index (χ4n) is 1.75. The summed E-state index contributed by atoms with van der Waals surface area (Å²) in [5.74, 6) is 0. The molecule has 1 aliphatic heterocycles. The SMILES string of the molecule is O=C(O)N1CC[C@@H](n2cc([N+](=O)[O-])cn2)C1. The lowest BCUT2D eigenvalue weighted by Gasteiger charge is -2.11. The number of rotatable bonds is 2. The molecule has 0 bridgehead atoms. The molecule has 2 rings (SSSR count). The lowest BCUT2D eigenvalue weighted by Crippen LogP contribution is -2.27. The topological polar surface area (TPSA) is 102 Å². The molecule has 1 amide bonds. The van der Waals surface area contributed by atoms with Crippen LogP contribution in [-0.4, -0.2) is 43.9 Å². The minimum atomic E-state index is -0.968. The molecule has 1 fully saturated rings. The third kappa shape index (κ3) is 1.81. The van der Waals surface area contributed by atoms with Crippen LogP contribution in [0.15, 0.2) is 12.4 Å². The lowest BCUT2D eigenvalue weighted by molar-refractivity contribution is -0.385. The summed E-state index contributed by atoms with van der Waals surface area (Å²) in [4.78, 5) is 21.9. The van der Waals surface area contributed by atoms with Gasteiger partial charge in [-0.25, -0.2) is 4.79 Å². The van der Waals surface area contributed by atoms with E-state index in [1.54, 1.807) is 0 Å². The van der Waals surface area contributed by atoms with Crippen molar-refractivity contribution >= 4 is 11.8 Å². The summed E-state index contributed by atoms with van der Waals surface area (Å²) in [6.07, 6.45) is 2.16. The molecule has 16 heavy (non-hydrogen) atoms. The van der Waals surface area contributed by atoms with Crippen molar-refractivity contribution in [1.82, 2.24) is 14.7 Å². The number of aromatic nitrogens is 2. The normalized spacial score (nSPS) is 20.0. The molecule has 1 atom stereocenters. The zero-order valence-electron chi connectivity index (χ0n) is 8.31. The van der Waals surface area contributed by atoms with Gasteiger partial charge in [-0.05, 0) is 6.42 Å². The van der Waals surface area contributed by atoms with Crippen LogP contribution in [0.4, 0.5) is 10.5 Å². The molecule has 1 saturated heterocycles. The Hall–Kier alpha value is -2.12. The van der Waals surface area contributed by atoms with E-state index in [0.29, 0.717) is 19.5 Å². The highest BCUT2D eigenvalue weighted by Gasteiger charge is 2.28. The van der Waals surface area contributed by atoms with Crippen molar-refractivity contribution in [1.29, 1.82) is 0 Å². The second kappa shape index (κ2) is 3.80. The summed E-state index contributed by atoms with van der Waals surface area (Å²) in [5, 5.41) is 23.1. The number of amides is 1. The van der Waals surface area contributed by atoms with E-state index in [9.17, 15) is 14.9 Å². The van der Waals surface area contributed by atoms with Gasteiger partial charge in [-0.15, -0.1) is 0 Å². The number of hydrogen-bond acceptors (Lipinski definition) is 4. The average molecular weight is 226 g/mol. The Kier molecular flexibility index (Phi) is 2.47. The van der Waals surface area contributed by atoms with E-state index in [-0.39, 0.29) is 11.7 Å². The number of nitrogens with zero attached hydrogens (tertiary/aromatic N) is 4. The minimum absolute atomic E-state index is 0.0752. The maximum Gasteiger partial charge on any atom is 0.407 e. The number of hydrogen-bond donors (Lipinski definition) is 1. The molecule has 0 spiro atoms. The van der Waals surface area contributed by atoms with Crippen LogP contribution >= 0.6 is 0 Å². The van der Waals surface area contributed by atoms with Gasteiger partial charge < -0.3 is 10.0 Å². The van der Waals surface area contributed by atoms with E-state index in [2.05, 4.69) is 5.10 Å². The Morgan fingerprint density at radius 2 is 2.44 bits per heavy atom. The Bertz CT molecular complexity index is 429. The van der Waals surface area contributed by atoms with Crippen molar-refractivity contribution in [2.75, 3.05) is 13.1 Å². The smallest absolute Gasteiger partial charge is 0.407 e. The molecule has 8 nitrogen and oxygen atoms in total. The first kappa shape index (κ1) is 10.4. The molecule has 8 heteroatoms. The molecule has 0 unspecified atom stereocenters. The van der Waals surface area contributed by atoms with Crippen LogP contribution in [0.2, 0.25) is 0 Å². The van der Waals surface area contributed by atoms with E-state index in [1.807, 2.05) is 0 Å². The van der Waals surface area contributed by atoms with Gasteiger partial charge in [0.15, 0.2) is 0 Å². The molecule has 1 aliphatic rings. The third-order valence-corrected chi connectivity index (χ3v) is 2.61.